The summed E-state index contributed by atoms with van der Waals surface area (Å²) in [7, 11) is 1.63. The standard InChI is InChI=1S/C21H23NO3/c1-12-7-15-8-14-5-6-22-11-17-13(3-4-19(23)21(17)24-2)9-18(22)16(14)10-20(15)25-12/h3-4,8,10,12,18,23H,5-7,9,11H2,1-2H3/t12?,18-/m0/s1. The Labute approximate surface area is 148 Å². The Bertz CT molecular complexity index is 861. The van der Waals surface area contributed by atoms with Crippen LogP contribution in [0.15, 0.2) is 24.3 Å². The molecule has 3 aliphatic rings. The Morgan fingerprint density at radius 3 is 2.88 bits per heavy atom. The third-order valence-corrected chi connectivity index (χ3v) is 5.94. The van der Waals surface area contributed by atoms with Gasteiger partial charge in [-0.25, -0.2) is 0 Å². The van der Waals surface area contributed by atoms with E-state index in [1.807, 2.05) is 6.07 Å². The highest BCUT2D eigenvalue weighted by Gasteiger charge is 2.35. The van der Waals surface area contributed by atoms with Crippen molar-refractivity contribution >= 4 is 0 Å². The first-order valence-electron chi connectivity index (χ1n) is 9.08. The van der Waals surface area contributed by atoms with E-state index in [4.69, 9.17) is 9.47 Å². The molecule has 25 heavy (non-hydrogen) atoms. The van der Waals surface area contributed by atoms with Crippen LogP contribution in [0.4, 0.5) is 0 Å². The fourth-order valence-electron chi connectivity index (χ4n) is 4.76. The Morgan fingerprint density at radius 1 is 1.16 bits per heavy atom. The quantitative estimate of drug-likeness (QED) is 0.866. The molecule has 4 nitrogen and oxygen atoms in total. The highest BCUT2D eigenvalue weighted by atomic mass is 16.5. The van der Waals surface area contributed by atoms with Gasteiger partial charge in [-0.2, -0.15) is 0 Å². The Balaban J connectivity index is 1.57. The minimum atomic E-state index is 0.234. The van der Waals surface area contributed by atoms with Crippen molar-refractivity contribution in [1.29, 1.82) is 0 Å². The number of phenolic OH excluding ortho intramolecular Hbond substituents is 1. The maximum Gasteiger partial charge on any atom is 0.165 e. The summed E-state index contributed by atoms with van der Waals surface area (Å²) in [6.45, 7) is 4.01. The Kier molecular flexibility index (Phi) is 3.26. The number of hydrogen-bond donors (Lipinski definition) is 1. The van der Waals surface area contributed by atoms with Crippen molar-refractivity contribution in [1.82, 2.24) is 4.90 Å². The molecular formula is C21H23NO3. The van der Waals surface area contributed by atoms with Crippen molar-refractivity contribution in [3.8, 4) is 17.2 Å². The molecule has 0 spiro atoms. The minimum Gasteiger partial charge on any atom is -0.504 e. The van der Waals surface area contributed by atoms with E-state index in [0.717, 1.165) is 43.7 Å². The summed E-state index contributed by atoms with van der Waals surface area (Å²) in [6.07, 6.45) is 3.34. The maximum absolute atomic E-state index is 10.1. The van der Waals surface area contributed by atoms with Crippen LogP contribution in [0.5, 0.6) is 17.2 Å². The van der Waals surface area contributed by atoms with E-state index < -0.39 is 0 Å². The largest absolute Gasteiger partial charge is 0.504 e. The highest BCUT2D eigenvalue weighted by Crippen LogP contribution is 2.45. The first-order valence-corrected chi connectivity index (χ1v) is 9.08. The molecule has 1 N–H and O–H groups in total. The molecule has 0 radical (unpaired) electrons. The summed E-state index contributed by atoms with van der Waals surface area (Å²) in [4.78, 5) is 2.51. The normalized spacial score (nSPS) is 23.9. The second-order valence-electron chi connectivity index (χ2n) is 7.49. The molecule has 1 unspecified atom stereocenters. The van der Waals surface area contributed by atoms with E-state index in [1.54, 1.807) is 13.2 Å². The number of phenols is 1. The number of fused-ring (bicyclic) bond motifs is 5. The monoisotopic (exact) mass is 337 g/mol. The van der Waals surface area contributed by atoms with Gasteiger partial charge in [0.05, 0.1) is 7.11 Å². The van der Waals surface area contributed by atoms with E-state index in [-0.39, 0.29) is 11.9 Å². The number of nitrogens with zero attached hydrogens (tertiary/aromatic N) is 1. The number of hydrogen-bond acceptors (Lipinski definition) is 4. The van der Waals surface area contributed by atoms with E-state index in [1.165, 1.54) is 22.3 Å². The van der Waals surface area contributed by atoms with Crippen molar-refractivity contribution in [2.24, 2.45) is 0 Å². The third-order valence-electron chi connectivity index (χ3n) is 5.94. The van der Waals surface area contributed by atoms with Crippen LogP contribution in [0.25, 0.3) is 0 Å². The number of ether oxygens (including phenoxy) is 2. The minimum absolute atomic E-state index is 0.234. The zero-order valence-electron chi connectivity index (χ0n) is 14.7. The van der Waals surface area contributed by atoms with Crippen LogP contribution in [-0.4, -0.2) is 29.8 Å². The predicted molar refractivity (Wildman–Crippen MR) is 95.5 cm³/mol. The summed E-state index contributed by atoms with van der Waals surface area (Å²) in [5.74, 6) is 1.94. The van der Waals surface area contributed by atoms with Gasteiger partial charge in [0.15, 0.2) is 11.5 Å². The molecule has 0 aromatic heterocycles. The van der Waals surface area contributed by atoms with Gasteiger partial charge in [0.2, 0.25) is 0 Å². The van der Waals surface area contributed by atoms with Crippen LogP contribution in [0.2, 0.25) is 0 Å². The molecule has 3 aliphatic heterocycles. The van der Waals surface area contributed by atoms with Crippen molar-refractivity contribution in [3.63, 3.8) is 0 Å². The van der Waals surface area contributed by atoms with Gasteiger partial charge in [0.1, 0.15) is 11.9 Å². The van der Waals surface area contributed by atoms with Crippen molar-refractivity contribution in [2.75, 3.05) is 13.7 Å². The summed E-state index contributed by atoms with van der Waals surface area (Å²) < 4.78 is 11.5. The topological polar surface area (TPSA) is 41.9 Å². The third kappa shape index (κ3) is 2.24. The Morgan fingerprint density at radius 2 is 2.04 bits per heavy atom. The molecule has 0 aliphatic carbocycles. The molecule has 2 atom stereocenters. The van der Waals surface area contributed by atoms with Gasteiger partial charge in [-0.05, 0) is 54.2 Å². The van der Waals surface area contributed by atoms with Crippen molar-refractivity contribution < 1.29 is 14.6 Å². The molecule has 0 saturated carbocycles. The lowest BCUT2D eigenvalue weighted by molar-refractivity contribution is 0.157. The fourth-order valence-corrected chi connectivity index (χ4v) is 4.76. The van der Waals surface area contributed by atoms with E-state index in [9.17, 15) is 5.11 Å². The average Bonchev–Trinajstić information content (AvgIpc) is 2.97. The van der Waals surface area contributed by atoms with Gasteiger partial charge < -0.3 is 14.6 Å². The molecule has 4 heteroatoms. The van der Waals surface area contributed by atoms with Gasteiger partial charge in [-0.15, -0.1) is 0 Å². The molecule has 2 aromatic rings. The van der Waals surface area contributed by atoms with Crippen LogP contribution in [0, 0.1) is 0 Å². The number of rotatable bonds is 1. The lowest BCUT2D eigenvalue weighted by atomic mass is 9.83. The lowest BCUT2D eigenvalue weighted by Gasteiger charge is -2.42. The molecule has 0 bridgehead atoms. The van der Waals surface area contributed by atoms with Gasteiger partial charge in [-0.1, -0.05) is 12.1 Å². The molecule has 0 amide bonds. The van der Waals surface area contributed by atoms with Crippen LogP contribution in [-0.2, 0) is 25.8 Å². The maximum atomic E-state index is 10.1. The molecule has 3 heterocycles. The van der Waals surface area contributed by atoms with Crippen molar-refractivity contribution in [2.45, 2.75) is 44.9 Å². The van der Waals surface area contributed by atoms with Crippen LogP contribution < -0.4 is 9.47 Å². The van der Waals surface area contributed by atoms with E-state index >= 15 is 0 Å². The fraction of sp³-hybridized carbons (Fsp3) is 0.429. The molecule has 2 aromatic carbocycles. The summed E-state index contributed by atoms with van der Waals surface area (Å²) >= 11 is 0. The molecular weight excluding hydrogens is 314 g/mol. The van der Waals surface area contributed by atoms with Crippen LogP contribution in [0.1, 0.15) is 40.8 Å². The average molecular weight is 337 g/mol. The van der Waals surface area contributed by atoms with E-state index in [2.05, 4.69) is 24.0 Å². The lowest BCUT2D eigenvalue weighted by Crippen LogP contribution is -2.39. The number of aromatic hydroxyl groups is 1. The smallest absolute Gasteiger partial charge is 0.165 e. The zero-order chi connectivity index (χ0) is 17.1. The van der Waals surface area contributed by atoms with Gasteiger partial charge in [0.25, 0.3) is 0 Å². The van der Waals surface area contributed by atoms with Gasteiger partial charge in [0, 0.05) is 31.1 Å². The second kappa shape index (κ2) is 5.40. The first-order chi connectivity index (χ1) is 12.1. The van der Waals surface area contributed by atoms with Crippen LogP contribution in [0.3, 0.4) is 0 Å². The first kappa shape index (κ1) is 15.1. The summed E-state index contributed by atoms with van der Waals surface area (Å²) in [5.41, 5.74) is 6.66. The molecule has 0 saturated heterocycles. The van der Waals surface area contributed by atoms with Gasteiger partial charge >= 0.3 is 0 Å². The van der Waals surface area contributed by atoms with Crippen molar-refractivity contribution in [3.05, 3.63) is 52.1 Å². The predicted octanol–water partition coefficient (Wildman–Crippen LogP) is 3.38. The highest BCUT2D eigenvalue weighted by molar-refractivity contribution is 5.53. The van der Waals surface area contributed by atoms with Crippen LogP contribution >= 0.6 is 0 Å². The number of benzene rings is 2. The second-order valence-corrected chi connectivity index (χ2v) is 7.49. The zero-order valence-corrected chi connectivity index (χ0v) is 14.7. The molecule has 130 valence electrons. The summed E-state index contributed by atoms with van der Waals surface area (Å²) in [5, 5.41) is 10.1. The Hall–Kier alpha value is -2.20. The molecule has 5 rings (SSSR count). The SMILES string of the molecule is COc1c(O)ccc2c1CN1CCc3cc4c(cc3[C@@H]1C2)OC(C)C4. The molecule has 0 fully saturated rings. The number of methoxy groups -OCH3 is 1. The van der Waals surface area contributed by atoms with E-state index in [0.29, 0.717) is 11.8 Å². The summed E-state index contributed by atoms with van der Waals surface area (Å²) in [6, 6.07) is 8.84. The van der Waals surface area contributed by atoms with Gasteiger partial charge in [-0.3, -0.25) is 4.90 Å².